The minimum atomic E-state index is -0.330. The van der Waals surface area contributed by atoms with E-state index in [0.29, 0.717) is 23.0 Å². The number of ether oxygens (including phenoxy) is 2. The second kappa shape index (κ2) is 7.33. The van der Waals surface area contributed by atoms with Crippen molar-refractivity contribution in [2.24, 2.45) is 0 Å². The highest BCUT2D eigenvalue weighted by molar-refractivity contribution is 6.03. The second-order valence-electron chi connectivity index (χ2n) is 5.95. The minimum absolute atomic E-state index is 0.187. The third-order valence-electron chi connectivity index (χ3n) is 4.19. The maximum atomic E-state index is 12.5. The van der Waals surface area contributed by atoms with Gasteiger partial charge in [0.25, 0.3) is 5.91 Å². The van der Waals surface area contributed by atoms with Gasteiger partial charge in [0.05, 0.1) is 0 Å². The normalized spacial score (nSPS) is 11.9. The van der Waals surface area contributed by atoms with E-state index in [0.717, 1.165) is 12.1 Å². The fourth-order valence-electron chi connectivity index (χ4n) is 2.81. The number of amides is 1. The summed E-state index contributed by atoms with van der Waals surface area (Å²) in [6.07, 6.45) is 2.26. The first-order valence-electron chi connectivity index (χ1n) is 8.61. The molecule has 2 heterocycles. The lowest BCUT2D eigenvalue weighted by molar-refractivity contribution is 0.102. The number of carbonyl (C=O) groups excluding carboxylic acids is 1. The molecule has 0 saturated heterocycles. The molecule has 27 heavy (non-hydrogen) atoms. The molecule has 136 valence electrons. The monoisotopic (exact) mass is 362 g/mol. The lowest BCUT2D eigenvalue weighted by atomic mass is 10.1. The molecule has 2 aromatic carbocycles. The molecule has 0 saturated carbocycles. The highest BCUT2D eigenvalue weighted by atomic mass is 16.7. The molecule has 4 rings (SSSR count). The highest BCUT2D eigenvalue weighted by Gasteiger charge is 2.15. The van der Waals surface area contributed by atoms with Crippen molar-refractivity contribution in [3.63, 3.8) is 0 Å². The summed E-state index contributed by atoms with van der Waals surface area (Å²) in [6, 6.07) is 14.8. The Labute approximate surface area is 156 Å². The van der Waals surface area contributed by atoms with Gasteiger partial charge in [-0.1, -0.05) is 25.1 Å². The maximum Gasteiger partial charge on any atom is 0.274 e. The number of hydrogen-bond donors (Lipinski definition) is 2. The summed E-state index contributed by atoms with van der Waals surface area (Å²) >= 11 is 0. The Bertz CT molecular complexity index is 990. The number of nitrogens with one attached hydrogen (secondary N) is 2. The number of aromatic nitrogens is 2. The van der Waals surface area contributed by atoms with Crippen molar-refractivity contribution in [2.45, 2.75) is 13.3 Å². The van der Waals surface area contributed by atoms with Crippen LogP contribution in [0.4, 0.5) is 17.2 Å². The second-order valence-corrected chi connectivity index (χ2v) is 5.95. The molecule has 0 spiro atoms. The van der Waals surface area contributed by atoms with Crippen molar-refractivity contribution in [3.05, 3.63) is 66.1 Å². The number of anilines is 3. The molecule has 0 bridgehead atoms. The molecule has 7 nitrogen and oxygen atoms in total. The molecule has 0 fully saturated rings. The quantitative estimate of drug-likeness (QED) is 0.719. The summed E-state index contributed by atoms with van der Waals surface area (Å²) < 4.78 is 10.6. The first-order valence-corrected chi connectivity index (χ1v) is 8.61. The van der Waals surface area contributed by atoms with Crippen LogP contribution in [0.3, 0.4) is 0 Å². The van der Waals surface area contributed by atoms with Crippen LogP contribution >= 0.6 is 0 Å². The van der Waals surface area contributed by atoms with E-state index >= 15 is 0 Å². The maximum absolute atomic E-state index is 12.5. The van der Waals surface area contributed by atoms with E-state index in [2.05, 4.69) is 33.6 Å². The molecule has 7 heteroatoms. The standard InChI is InChI=1S/C20H18N4O3/c1-2-13-5-3-4-6-15(13)24-19-10-16(21-11-22-19)20(25)23-14-7-8-17-18(9-14)27-12-26-17/h3-11H,2,12H2,1H3,(H,23,25)(H,21,22,24). The average molecular weight is 362 g/mol. The fourth-order valence-corrected chi connectivity index (χ4v) is 2.81. The molecule has 0 atom stereocenters. The first kappa shape index (κ1) is 16.8. The zero-order valence-electron chi connectivity index (χ0n) is 14.7. The molecule has 0 radical (unpaired) electrons. The number of rotatable bonds is 5. The molecule has 1 aliphatic heterocycles. The molecular formula is C20H18N4O3. The highest BCUT2D eigenvalue weighted by Crippen LogP contribution is 2.34. The zero-order chi connectivity index (χ0) is 18.6. The van der Waals surface area contributed by atoms with E-state index in [1.165, 1.54) is 11.9 Å². The summed E-state index contributed by atoms with van der Waals surface area (Å²) in [7, 11) is 0. The van der Waals surface area contributed by atoms with Crippen LogP contribution in [-0.4, -0.2) is 22.7 Å². The van der Waals surface area contributed by atoms with E-state index in [1.807, 2.05) is 18.2 Å². The summed E-state index contributed by atoms with van der Waals surface area (Å²) in [5, 5.41) is 6.06. The Morgan fingerprint density at radius 3 is 2.81 bits per heavy atom. The third-order valence-corrected chi connectivity index (χ3v) is 4.19. The van der Waals surface area contributed by atoms with Gasteiger partial charge in [-0.05, 0) is 30.2 Å². The smallest absolute Gasteiger partial charge is 0.274 e. The Morgan fingerprint density at radius 2 is 1.93 bits per heavy atom. The van der Waals surface area contributed by atoms with Crippen LogP contribution in [0, 0.1) is 0 Å². The molecule has 0 aliphatic carbocycles. The SMILES string of the molecule is CCc1ccccc1Nc1cc(C(=O)Nc2ccc3c(c2)OCO3)ncn1. The van der Waals surface area contributed by atoms with E-state index in [1.54, 1.807) is 24.3 Å². The number of nitrogens with zero attached hydrogens (tertiary/aromatic N) is 2. The Hall–Kier alpha value is -3.61. The largest absolute Gasteiger partial charge is 0.454 e. The molecular weight excluding hydrogens is 344 g/mol. The van der Waals surface area contributed by atoms with Gasteiger partial charge in [0.15, 0.2) is 11.5 Å². The zero-order valence-corrected chi connectivity index (χ0v) is 14.7. The lowest BCUT2D eigenvalue weighted by Gasteiger charge is -2.11. The lowest BCUT2D eigenvalue weighted by Crippen LogP contribution is -2.14. The van der Waals surface area contributed by atoms with Crippen molar-refractivity contribution >= 4 is 23.1 Å². The van der Waals surface area contributed by atoms with Crippen molar-refractivity contribution in [2.75, 3.05) is 17.4 Å². The van der Waals surface area contributed by atoms with Crippen LogP contribution in [0.15, 0.2) is 54.9 Å². The van der Waals surface area contributed by atoms with Gasteiger partial charge in [-0.3, -0.25) is 4.79 Å². The van der Waals surface area contributed by atoms with Crippen molar-refractivity contribution in [1.29, 1.82) is 0 Å². The van der Waals surface area contributed by atoms with Crippen LogP contribution < -0.4 is 20.1 Å². The molecule has 0 unspecified atom stereocenters. The molecule has 1 aromatic heterocycles. The van der Waals surface area contributed by atoms with Gasteiger partial charge in [-0.25, -0.2) is 9.97 Å². The number of carbonyl (C=O) groups is 1. The predicted octanol–water partition coefficient (Wildman–Crippen LogP) is 3.76. The third kappa shape index (κ3) is 3.67. The van der Waals surface area contributed by atoms with Gasteiger partial charge in [0.2, 0.25) is 6.79 Å². The van der Waals surface area contributed by atoms with Gasteiger partial charge < -0.3 is 20.1 Å². The van der Waals surface area contributed by atoms with Crippen LogP contribution in [0.1, 0.15) is 23.0 Å². The van der Waals surface area contributed by atoms with Crippen molar-refractivity contribution < 1.29 is 14.3 Å². The summed E-state index contributed by atoms with van der Waals surface area (Å²) in [6.45, 7) is 2.28. The fraction of sp³-hybridized carbons (Fsp3) is 0.150. The minimum Gasteiger partial charge on any atom is -0.454 e. The number of benzene rings is 2. The van der Waals surface area contributed by atoms with E-state index < -0.39 is 0 Å². The first-order chi connectivity index (χ1) is 13.2. The molecule has 1 amide bonds. The number of hydrogen-bond acceptors (Lipinski definition) is 6. The van der Waals surface area contributed by atoms with Crippen LogP contribution in [0.2, 0.25) is 0 Å². The topological polar surface area (TPSA) is 85.4 Å². The van der Waals surface area contributed by atoms with E-state index in [-0.39, 0.29) is 18.4 Å². The Morgan fingerprint density at radius 1 is 1.07 bits per heavy atom. The Kier molecular flexibility index (Phi) is 4.57. The van der Waals surface area contributed by atoms with Gasteiger partial charge >= 0.3 is 0 Å². The van der Waals surface area contributed by atoms with Gasteiger partial charge in [0, 0.05) is 23.5 Å². The molecule has 2 N–H and O–H groups in total. The molecule has 1 aliphatic rings. The van der Waals surface area contributed by atoms with E-state index in [4.69, 9.17) is 9.47 Å². The van der Waals surface area contributed by atoms with Crippen LogP contribution in [0.25, 0.3) is 0 Å². The Balaban J connectivity index is 1.51. The van der Waals surface area contributed by atoms with Crippen molar-refractivity contribution in [1.82, 2.24) is 9.97 Å². The number of aryl methyl sites for hydroxylation is 1. The van der Waals surface area contributed by atoms with E-state index in [9.17, 15) is 4.79 Å². The summed E-state index contributed by atoms with van der Waals surface area (Å²) in [4.78, 5) is 20.8. The number of para-hydroxylation sites is 1. The van der Waals surface area contributed by atoms with Crippen LogP contribution in [0.5, 0.6) is 11.5 Å². The van der Waals surface area contributed by atoms with Crippen LogP contribution in [-0.2, 0) is 6.42 Å². The predicted molar refractivity (Wildman–Crippen MR) is 102 cm³/mol. The van der Waals surface area contributed by atoms with Crippen molar-refractivity contribution in [3.8, 4) is 11.5 Å². The van der Waals surface area contributed by atoms with Gasteiger partial charge in [-0.15, -0.1) is 0 Å². The van der Waals surface area contributed by atoms with Gasteiger partial charge in [0.1, 0.15) is 17.8 Å². The summed E-state index contributed by atoms with van der Waals surface area (Å²) in [5.74, 6) is 1.50. The molecule has 3 aromatic rings. The summed E-state index contributed by atoms with van der Waals surface area (Å²) in [5.41, 5.74) is 3.00. The average Bonchev–Trinajstić information content (AvgIpc) is 3.16. The van der Waals surface area contributed by atoms with Gasteiger partial charge in [-0.2, -0.15) is 0 Å². The number of fused-ring (bicyclic) bond motifs is 1.